The van der Waals surface area contributed by atoms with Crippen LogP contribution in [0.15, 0.2) is 18.2 Å². The Kier molecular flexibility index (Phi) is 4.40. The van der Waals surface area contributed by atoms with Crippen molar-refractivity contribution in [3.8, 4) is 0 Å². The Labute approximate surface area is 133 Å². The molecule has 1 aromatic carbocycles. The molecule has 1 saturated heterocycles. The van der Waals surface area contributed by atoms with Crippen molar-refractivity contribution in [1.82, 2.24) is 5.32 Å². The Hall–Kier alpha value is -2.44. The average molecular weight is 321 g/mol. The molecule has 1 fully saturated rings. The van der Waals surface area contributed by atoms with Crippen molar-refractivity contribution in [3.63, 3.8) is 0 Å². The molecule has 0 aromatic heterocycles. The highest BCUT2D eigenvalue weighted by Gasteiger charge is 2.38. The van der Waals surface area contributed by atoms with Crippen molar-refractivity contribution < 1.29 is 18.8 Å². The fourth-order valence-corrected chi connectivity index (χ4v) is 2.35. The molecule has 0 bridgehead atoms. The number of carbonyl (C=O) groups excluding carboxylic acids is 3. The first-order chi connectivity index (χ1) is 10.6. The molecular formula is C16H20FN3O3. The highest BCUT2D eigenvalue weighted by Crippen LogP contribution is 2.27. The van der Waals surface area contributed by atoms with Crippen LogP contribution in [0.1, 0.15) is 25.8 Å². The van der Waals surface area contributed by atoms with Gasteiger partial charge in [0, 0.05) is 18.7 Å². The van der Waals surface area contributed by atoms with Crippen molar-refractivity contribution in [2.45, 2.75) is 32.7 Å². The zero-order chi connectivity index (χ0) is 17.4. The van der Waals surface area contributed by atoms with Gasteiger partial charge >= 0.3 is 0 Å². The fraction of sp³-hybridized carbons (Fsp3) is 0.438. The van der Waals surface area contributed by atoms with E-state index in [2.05, 4.69) is 5.32 Å². The van der Waals surface area contributed by atoms with Crippen LogP contribution in [-0.2, 0) is 14.4 Å². The SMILES string of the molecule is Cc1ccc(N2C[C@H](C(=O)NC(C)(C)C(N)=O)CC2=O)cc1F. The lowest BCUT2D eigenvalue weighted by Crippen LogP contribution is -2.54. The Balaban J connectivity index is 2.12. The molecule has 6 nitrogen and oxygen atoms in total. The number of halogens is 1. The van der Waals surface area contributed by atoms with Crippen LogP contribution in [-0.4, -0.2) is 29.8 Å². The molecule has 0 radical (unpaired) electrons. The second kappa shape index (κ2) is 5.98. The van der Waals surface area contributed by atoms with E-state index in [1.54, 1.807) is 19.1 Å². The molecule has 0 unspecified atom stereocenters. The minimum atomic E-state index is -1.19. The predicted octanol–water partition coefficient (Wildman–Crippen LogP) is 0.867. The van der Waals surface area contributed by atoms with Gasteiger partial charge in [0.25, 0.3) is 0 Å². The molecule has 2 rings (SSSR count). The maximum absolute atomic E-state index is 13.7. The molecule has 0 saturated carbocycles. The summed E-state index contributed by atoms with van der Waals surface area (Å²) >= 11 is 0. The maximum Gasteiger partial charge on any atom is 0.242 e. The molecular weight excluding hydrogens is 301 g/mol. The van der Waals surface area contributed by atoms with Crippen molar-refractivity contribution in [3.05, 3.63) is 29.6 Å². The number of hydrogen-bond acceptors (Lipinski definition) is 3. The quantitative estimate of drug-likeness (QED) is 0.862. The first kappa shape index (κ1) is 16.9. The van der Waals surface area contributed by atoms with Crippen LogP contribution in [0.2, 0.25) is 0 Å². The van der Waals surface area contributed by atoms with E-state index in [0.29, 0.717) is 11.3 Å². The summed E-state index contributed by atoms with van der Waals surface area (Å²) in [5.41, 5.74) is 4.93. The van der Waals surface area contributed by atoms with Crippen LogP contribution in [0.5, 0.6) is 0 Å². The van der Waals surface area contributed by atoms with Crippen molar-refractivity contribution in [1.29, 1.82) is 0 Å². The Morgan fingerprint density at radius 1 is 1.39 bits per heavy atom. The molecule has 3 N–H and O–H groups in total. The summed E-state index contributed by atoms with van der Waals surface area (Å²) in [6, 6.07) is 4.51. The number of nitrogens with two attached hydrogens (primary N) is 1. The second-order valence-corrected chi connectivity index (χ2v) is 6.32. The molecule has 23 heavy (non-hydrogen) atoms. The number of aryl methyl sites for hydroxylation is 1. The average Bonchev–Trinajstić information content (AvgIpc) is 2.83. The second-order valence-electron chi connectivity index (χ2n) is 6.32. The third-order valence-corrected chi connectivity index (χ3v) is 4.01. The van der Waals surface area contributed by atoms with Gasteiger partial charge in [0.2, 0.25) is 17.7 Å². The summed E-state index contributed by atoms with van der Waals surface area (Å²) < 4.78 is 13.7. The number of hydrogen-bond donors (Lipinski definition) is 2. The number of nitrogens with zero attached hydrogens (tertiary/aromatic N) is 1. The molecule has 124 valence electrons. The lowest BCUT2D eigenvalue weighted by Gasteiger charge is -2.24. The van der Waals surface area contributed by atoms with Crippen molar-refractivity contribution in [2.75, 3.05) is 11.4 Å². The van der Waals surface area contributed by atoms with Crippen molar-refractivity contribution in [2.24, 2.45) is 11.7 Å². The Bertz CT molecular complexity index is 673. The molecule has 1 heterocycles. The van der Waals surface area contributed by atoms with Gasteiger partial charge in [-0.05, 0) is 38.5 Å². The number of anilines is 1. The van der Waals surface area contributed by atoms with Crippen molar-refractivity contribution >= 4 is 23.4 Å². The smallest absolute Gasteiger partial charge is 0.242 e. The lowest BCUT2D eigenvalue weighted by atomic mass is 10.0. The standard InChI is InChI=1S/C16H20FN3O3/c1-9-4-5-11(7-12(9)17)20-8-10(6-13(20)21)14(22)19-16(2,3)15(18)23/h4-5,7,10H,6,8H2,1-3H3,(H2,18,23)(H,19,22)/t10-/m1/s1. The van der Waals surface area contributed by atoms with Gasteiger partial charge in [-0.2, -0.15) is 0 Å². The lowest BCUT2D eigenvalue weighted by molar-refractivity contribution is -0.132. The third kappa shape index (κ3) is 3.49. The normalized spacial score (nSPS) is 18.2. The van der Waals surface area contributed by atoms with Gasteiger partial charge in [-0.1, -0.05) is 6.07 Å². The predicted molar refractivity (Wildman–Crippen MR) is 83.0 cm³/mol. The summed E-state index contributed by atoms with van der Waals surface area (Å²) in [4.78, 5) is 37.0. The molecule has 3 amide bonds. The minimum absolute atomic E-state index is 0.0101. The molecule has 1 atom stereocenters. The van der Waals surface area contributed by atoms with Crippen LogP contribution in [0.3, 0.4) is 0 Å². The van der Waals surface area contributed by atoms with E-state index in [1.165, 1.54) is 24.8 Å². The largest absolute Gasteiger partial charge is 0.368 e. The number of nitrogens with one attached hydrogen (secondary N) is 1. The fourth-order valence-electron chi connectivity index (χ4n) is 2.35. The van der Waals surface area contributed by atoms with Gasteiger partial charge in [-0.25, -0.2) is 4.39 Å². The molecule has 0 aliphatic carbocycles. The van der Waals surface area contributed by atoms with Gasteiger partial charge in [0.1, 0.15) is 11.4 Å². The first-order valence-electron chi connectivity index (χ1n) is 7.30. The highest BCUT2D eigenvalue weighted by atomic mass is 19.1. The van der Waals surface area contributed by atoms with Gasteiger partial charge < -0.3 is 16.0 Å². The summed E-state index contributed by atoms with van der Waals surface area (Å²) in [6.45, 7) is 4.77. The molecule has 0 spiro atoms. The zero-order valence-electron chi connectivity index (χ0n) is 13.4. The number of primary amides is 1. The monoisotopic (exact) mass is 321 g/mol. The zero-order valence-corrected chi connectivity index (χ0v) is 13.4. The van der Waals surface area contributed by atoms with Crippen LogP contribution in [0.25, 0.3) is 0 Å². The highest BCUT2D eigenvalue weighted by molar-refractivity contribution is 6.01. The Morgan fingerprint density at radius 3 is 2.61 bits per heavy atom. The van der Waals surface area contributed by atoms with E-state index in [4.69, 9.17) is 5.73 Å². The van der Waals surface area contributed by atoms with E-state index in [9.17, 15) is 18.8 Å². The van der Waals surface area contributed by atoms with E-state index in [-0.39, 0.29) is 18.9 Å². The summed E-state index contributed by atoms with van der Waals surface area (Å²) in [5.74, 6) is -2.35. The number of amides is 3. The van der Waals surface area contributed by atoms with Crippen LogP contribution in [0, 0.1) is 18.7 Å². The van der Waals surface area contributed by atoms with Crippen LogP contribution < -0.4 is 16.0 Å². The van der Waals surface area contributed by atoms with Crippen LogP contribution in [0.4, 0.5) is 10.1 Å². The van der Waals surface area contributed by atoms with E-state index >= 15 is 0 Å². The number of rotatable bonds is 4. The van der Waals surface area contributed by atoms with Gasteiger partial charge in [0.15, 0.2) is 0 Å². The molecule has 1 aromatic rings. The summed E-state index contributed by atoms with van der Waals surface area (Å²) in [7, 11) is 0. The topological polar surface area (TPSA) is 92.5 Å². The Morgan fingerprint density at radius 2 is 2.04 bits per heavy atom. The third-order valence-electron chi connectivity index (χ3n) is 4.01. The van der Waals surface area contributed by atoms with Gasteiger partial charge in [-0.15, -0.1) is 0 Å². The summed E-state index contributed by atoms with van der Waals surface area (Å²) in [5, 5.41) is 2.54. The molecule has 7 heteroatoms. The summed E-state index contributed by atoms with van der Waals surface area (Å²) in [6.07, 6.45) is 0.0101. The van der Waals surface area contributed by atoms with Gasteiger partial charge in [0.05, 0.1) is 5.92 Å². The van der Waals surface area contributed by atoms with E-state index < -0.39 is 29.1 Å². The van der Waals surface area contributed by atoms with E-state index in [1.807, 2.05) is 0 Å². The molecule has 1 aliphatic heterocycles. The minimum Gasteiger partial charge on any atom is -0.368 e. The maximum atomic E-state index is 13.7. The van der Waals surface area contributed by atoms with Crippen LogP contribution >= 0.6 is 0 Å². The first-order valence-corrected chi connectivity index (χ1v) is 7.30. The molecule has 1 aliphatic rings. The number of benzene rings is 1. The van der Waals surface area contributed by atoms with E-state index in [0.717, 1.165) is 0 Å². The number of carbonyl (C=O) groups is 3. The van der Waals surface area contributed by atoms with Gasteiger partial charge in [-0.3, -0.25) is 14.4 Å².